The molecule has 2 heterocycles. The summed E-state index contributed by atoms with van der Waals surface area (Å²) < 4.78 is 14.6. The van der Waals surface area contributed by atoms with Crippen molar-refractivity contribution in [2.24, 2.45) is 7.05 Å². The molecular weight excluding hydrogens is 311 g/mol. The summed E-state index contributed by atoms with van der Waals surface area (Å²) >= 11 is 0. The molecule has 2 aromatic rings. The van der Waals surface area contributed by atoms with Crippen LogP contribution in [0, 0.1) is 5.82 Å². The van der Waals surface area contributed by atoms with E-state index in [1.54, 1.807) is 41.0 Å². The number of aryl methyl sites for hydroxylation is 1. The van der Waals surface area contributed by atoms with E-state index in [1.165, 1.54) is 12.1 Å². The van der Waals surface area contributed by atoms with Gasteiger partial charge in [-0.2, -0.15) is 5.10 Å². The molecule has 1 atom stereocenters. The lowest BCUT2D eigenvalue weighted by atomic mass is 10.1. The first-order chi connectivity index (χ1) is 11.6. The van der Waals surface area contributed by atoms with Gasteiger partial charge in [0.2, 0.25) is 0 Å². The Hall–Kier alpha value is -2.54. The quantitative estimate of drug-likeness (QED) is 0.792. The Labute approximate surface area is 139 Å². The summed E-state index contributed by atoms with van der Waals surface area (Å²) in [5.41, 5.74) is 1.19. The van der Waals surface area contributed by atoms with E-state index in [2.05, 4.69) is 5.10 Å². The average molecular weight is 330 g/mol. The van der Waals surface area contributed by atoms with Gasteiger partial charge in [0, 0.05) is 39.4 Å². The van der Waals surface area contributed by atoms with Crippen LogP contribution in [0.2, 0.25) is 0 Å². The van der Waals surface area contributed by atoms with Crippen molar-refractivity contribution in [1.82, 2.24) is 19.6 Å². The molecule has 0 radical (unpaired) electrons. The lowest BCUT2D eigenvalue weighted by molar-refractivity contribution is -0.113. The first-order valence-corrected chi connectivity index (χ1v) is 7.82. The molecule has 0 bridgehead atoms. The van der Waals surface area contributed by atoms with Gasteiger partial charge in [-0.1, -0.05) is 12.1 Å². The maximum absolute atomic E-state index is 13.0. The van der Waals surface area contributed by atoms with Gasteiger partial charge in [-0.3, -0.25) is 14.4 Å². The van der Waals surface area contributed by atoms with Crippen LogP contribution in [-0.4, -0.2) is 58.0 Å². The van der Waals surface area contributed by atoms with Gasteiger partial charge in [0.25, 0.3) is 5.91 Å². The number of aromatic nitrogens is 2. The fourth-order valence-electron chi connectivity index (χ4n) is 2.93. The summed E-state index contributed by atoms with van der Waals surface area (Å²) in [6.45, 7) is 2.22. The van der Waals surface area contributed by atoms with Gasteiger partial charge < -0.3 is 9.69 Å². The van der Waals surface area contributed by atoms with Crippen LogP contribution in [0.3, 0.4) is 0 Å². The van der Waals surface area contributed by atoms with Crippen LogP contribution >= 0.6 is 0 Å². The van der Waals surface area contributed by atoms with Gasteiger partial charge in [0.05, 0.1) is 6.04 Å². The number of amides is 1. The lowest BCUT2D eigenvalue weighted by Crippen LogP contribution is -2.50. The Balaban J connectivity index is 1.64. The number of nitrogens with zero attached hydrogens (tertiary/aromatic N) is 4. The number of piperazine rings is 1. The number of carbonyl (C=O) groups excluding carboxylic acids is 2. The first kappa shape index (κ1) is 16.3. The fourth-order valence-corrected chi connectivity index (χ4v) is 2.93. The maximum atomic E-state index is 13.0. The number of carbonyl (C=O) groups is 2. The molecule has 7 heteroatoms. The molecule has 1 saturated heterocycles. The normalized spacial score (nSPS) is 16.8. The second kappa shape index (κ2) is 6.92. The zero-order valence-corrected chi connectivity index (χ0v) is 13.4. The molecule has 1 unspecified atom stereocenters. The molecule has 24 heavy (non-hydrogen) atoms. The van der Waals surface area contributed by atoms with Crippen molar-refractivity contribution in [3.05, 3.63) is 53.6 Å². The average Bonchev–Trinajstić information content (AvgIpc) is 3.04. The third kappa shape index (κ3) is 3.35. The van der Waals surface area contributed by atoms with E-state index in [9.17, 15) is 14.0 Å². The zero-order valence-electron chi connectivity index (χ0n) is 13.4. The summed E-state index contributed by atoms with van der Waals surface area (Å²) in [6, 6.07) is 7.23. The predicted octanol–water partition coefficient (Wildman–Crippen LogP) is 1.26. The highest BCUT2D eigenvalue weighted by Crippen LogP contribution is 2.21. The van der Waals surface area contributed by atoms with Crippen LogP contribution in [-0.2, 0) is 11.8 Å². The molecule has 0 saturated carbocycles. The van der Waals surface area contributed by atoms with Gasteiger partial charge in [0.1, 0.15) is 17.8 Å². The third-order valence-corrected chi connectivity index (χ3v) is 4.27. The number of hydrogen-bond donors (Lipinski definition) is 0. The molecule has 0 aliphatic carbocycles. The summed E-state index contributed by atoms with van der Waals surface area (Å²) in [5, 5.41) is 4.13. The molecule has 0 spiro atoms. The van der Waals surface area contributed by atoms with E-state index < -0.39 is 6.04 Å². The van der Waals surface area contributed by atoms with Crippen molar-refractivity contribution >= 4 is 12.2 Å². The predicted molar refractivity (Wildman–Crippen MR) is 85.9 cm³/mol. The molecule has 6 nitrogen and oxygen atoms in total. The third-order valence-electron chi connectivity index (χ3n) is 4.27. The molecule has 0 N–H and O–H groups in total. The molecular formula is C17H19FN4O2. The molecule has 1 aromatic heterocycles. The van der Waals surface area contributed by atoms with Crippen LogP contribution in [0.5, 0.6) is 0 Å². The monoisotopic (exact) mass is 330 g/mol. The molecule has 126 valence electrons. The molecule has 1 amide bonds. The molecule has 1 aliphatic rings. The SMILES string of the molecule is Cn1ccc(C(=O)N2CCN(C(C=O)c3ccc(F)cc3)CC2)n1. The van der Waals surface area contributed by atoms with Crippen molar-refractivity contribution in [3.8, 4) is 0 Å². The first-order valence-electron chi connectivity index (χ1n) is 7.82. The van der Waals surface area contributed by atoms with Crippen LogP contribution in [0.4, 0.5) is 4.39 Å². The van der Waals surface area contributed by atoms with E-state index in [0.717, 1.165) is 11.8 Å². The summed E-state index contributed by atoms with van der Waals surface area (Å²) in [5.74, 6) is -0.422. The molecule has 3 rings (SSSR count). The van der Waals surface area contributed by atoms with Gasteiger partial charge in [-0.15, -0.1) is 0 Å². The van der Waals surface area contributed by atoms with E-state index in [0.29, 0.717) is 31.9 Å². The van der Waals surface area contributed by atoms with Gasteiger partial charge >= 0.3 is 0 Å². The maximum Gasteiger partial charge on any atom is 0.274 e. The van der Waals surface area contributed by atoms with Crippen molar-refractivity contribution in [1.29, 1.82) is 0 Å². The van der Waals surface area contributed by atoms with Crippen molar-refractivity contribution in [2.45, 2.75) is 6.04 Å². The van der Waals surface area contributed by atoms with Crippen molar-refractivity contribution < 1.29 is 14.0 Å². The number of hydrogen-bond acceptors (Lipinski definition) is 4. The van der Waals surface area contributed by atoms with Gasteiger partial charge in [0.15, 0.2) is 0 Å². The fraction of sp³-hybridized carbons (Fsp3) is 0.353. The Morgan fingerprint density at radius 2 is 1.83 bits per heavy atom. The molecule has 1 aromatic carbocycles. The van der Waals surface area contributed by atoms with Crippen LogP contribution in [0.1, 0.15) is 22.1 Å². The lowest BCUT2D eigenvalue weighted by Gasteiger charge is -2.37. The van der Waals surface area contributed by atoms with Crippen LogP contribution < -0.4 is 0 Å². The second-order valence-corrected chi connectivity index (χ2v) is 5.84. The summed E-state index contributed by atoms with van der Waals surface area (Å²) in [7, 11) is 1.77. The Morgan fingerprint density at radius 1 is 1.17 bits per heavy atom. The summed E-state index contributed by atoms with van der Waals surface area (Å²) in [4.78, 5) is 27.6. The largest absolute Gasteiger partial charge is 0.335 e. The zero-order chi connectivity index (χ0) is 17.1. The second-order valence-electron chi connectivity index (χ2n) is 5.84. The van der Waals surface area contributed by atoms with Crippen molar-refractivity contribution in [2.75, 3.05) is 26.2 Å². The Bertz CT molecular complexity index is 720. The van der Waals surface area contributed by atoms with E-state index >= 15 is 0 Å². The van der Waals surface area contributed by atoms with E-state index in [4.69, 9.17) is 0 Å². The van der Waals surface area contributed by atoms with Crippen LogP contribution in [0.15, 0.2) is 36.5 Å². The van der Waals surface area contributed by atoms with E-state index in [1.807, 2.05) is 4.90 Å². The highest BCUT2D eigenvalue weighted by Gasteiger charge is 2.28. The summed E-state index contributed by atoms with van der Waals surface area (Å²) in [6.07, 6.45) is 2.60. The van der Waals surface area contributed by atoms with Gasteiger partial charge in [-0.05, 0) is 23.8 Å². The topological polar surface area (TPSA) is 58.4 Å². The number of halogens is 1. The standard InChI is InChI=1S/C17H19FN4O2/c1-20-7-6-15(19-20)17(24)22-10-8-21(9-11-22)16(12-23)13-2-4-14(18)5-3-13/h2-7,12,16H,8-11H2,1H3. The minimum absolute atomic E-state index is 0.0975. The number of rotatable bonds is 4. The molecule has 1 aliphatic heterocycles. The minimum Gasteiger partial charge on any atom is -0.335 e. The highest BCUT2D eigenvalue weighted by molar-refractivity contribution is 5.92. The van der Waals surface area contributed by atoms with Gasteiger partial charge in [-0.25, -0.2) is 4.39 Å². The number of benzene rings is 1. The Morgan fingerprint density at radius 3 is 2.38 bits per heavy atom. The Kier molecular flexibility index (Phi) is 4.71. The van der Waals surface area contributed by atoms with E-state index in [-0.39, 0.29) is 11.7 Å². The van der Waals surface area contributed by atoms with Crippen LogP contribution in [0.25, 0.3) is 0 Å². The molecule has 1 fully saturated rings. The van der Waals surface area contributed by atoms with Crippen molar-refractivity contribution in [3.63, 3.8) is 0 Å². The number of aldehydes is 1. The minimum atomic E-state index is -0.419. The highest BCUT2D eigenvalue weighted by atomic mass is 19.1. The smallest absolute Gasteiger partial charge is 0.274 e.